The number of rotatable bonds is 3. The van der Waals surface area contributed by atoms with Crippen molar-refractivity contribution in [1.82, 2.24) is 15.5 Å². The Kier molecular flexibility index (Phi) is 4.73. The molecule has 2 aromatic rings. The molecule has 2 rings (SSSR count). The van der Waals surface area contributed by atoms with Gasteiger partial charge in [0.1, 0.15) is 0 Å². The molecule has 7 heteroatoms. The molecule has 1 unspecified atom stereocenters. The normalized spacial score (nSPS) is 12.2. The van der Waals surface area contributed by atoms with Gasteiger partial charge in [-0.15, -0.1) is 0 Å². The van der Waals surface area contributed by atoms with Crippen molar-refractivity contribution in [2.45, 2.75) is 19.9 Å². The highest BCUT2D eigenvalue weighted by Gasteiger charge is 2.19. The van der Waals surface area contributed by atoms with Gasteiger partial charge in [-0.2, -0.15) is 5.10 Å². The van der Waals surface area contributed by atoms with Crippen molar-refractivity contribution in [2.24, 2.45) is 0 Å². The van der Waals surface area contributed by atoms with Crippen LogP contribution in [0, 0.1) is 6.92 Å². The van der Waals surface area contributed by atoms with Gasteiger partial charge in [0.05, 0.1) is 10.5 Å². The van der Waals surface area contributed by atoms with E-state index in [2.05, 4.69) is 31.4 Å². The van der Waals surface area contributed by atoms with Crippen LogP contribution in [0.2, 0.25) is 10.0 Å². The molecule has 0 aliphatic carbocycles. The van der Waals surface area contributed by atoms with E-state index in [1.54, 1.807) is 18.2 Å². The van der Waals surface area contributed by atoms with Crippen LogP contribution in [0.1, 0.15) is 34.7 Å². The summed E-state index contributed by atoms with van der Waals surface area (Å²) in [6.45, 7) is 3.67. The largest absolute Gasteiger partial charge is 0.344 e. The molecule has 2 N–H and O–H groups in total. The van der Waals surface area contributed by atoms with Crippen LogP contribution in [0.4, 0.5) is 0 Å². The van der Waals surface area contributed by atoms with E-state index in [0.29, 0.717) is 20.2 Å². The molecule has 0 bridgehead atoms. The van der Waals surface area contributed by atoms with E-state index in [4.69, 9.17) is 23.2 Å². The highest BCUT2D eigenvalue weighted by Crippen LogP contribution is 2.26. The zero-order valence-electron chi connectivity index (χ0n) is 10.8. The molecule has 0 fully saturated rings. The van der Waals surface area contributed by atoms with Gasteiger partial charge < -0.3 is 5.32 Å². The number of carbonyl (C=O) groups is 1. The molecular weight excluding hydrogens is 365 g/mol. The van der Waals surface area contributed by atoms with Crippen molar-refractivity contribution in [3.63, 3.8) is 0 Å². The van der Waals surface area contributed by atoms with Crippen LogP contribution in [0.25, 0.3) is 0 Å². The maximum absolute atomic E-state index is 12.1. The van der Waals surface area contributed by atoms with E-state index in [-0.39, 0.29) is 11.9 Å². The molecule has 20 heavy (non-hydrogen) atoms. The number of benzene rings is 1. The van der Waals surface area contributed by atoms with Gasteiger partial charge in [0, 0.05) is 15.7 Å². The smallest absolute Gasteiger partial charge is 0.273 e. The third-order valence-corrected chi connectivity index (χ3v) is 4.40. The molecule has 0 aliphatic rings. The molecule has 1 amide bonds. The quantitative estimate of drug-likeness (QED) is 0.839. The second-order valence-corrected chi connectivity index (χ2v) is 6.01. The summed E-state index contributed by atoms with van der Waals surface area (Å²) in [5.41, 5.74) is 1.92. The van der Waals surface area contributed by atoms with Crippen molar-refractivity contribution >= 4 is 45.0 Å². The summed E-state index contributed by atoms with van der Waals surface area (Å²) in [5.74, 6) is -0.278. The molecule has 106 valence electrons. The number of aryl methyl sites for hydroxylation is 1. The number of halogens is 3. The van der Waals surface area contributed by atoms with Gasteiger partial charge in [-0.3, -0.25) is 9.89 Å². The minimum absolute atomic E-state index is 0.254. The third-order valence-electron chi connectivity index (χ3n) is 2.86. The Bertz CT molecular complexity index is 657. The molecule has 0 radical (unpaired) electrons. The number of nitrogens with one attached hydrogen (secondary N) is 2. The number of hydrogen-bond donors (Lipinski definition) is 2. The lowest BCUT2D eigenvalue weighted by molar-refractivity contribution is 0.0934. The van der Waals surface area contributed by atoms with Gasteiger partial charge in [-0.05, 0) is 47.5 Å². The van der Waals surface area contributed by atoms with Gasteiger partial charge in [-0.25, -0.2) is 0 Å². The van der Waals surface area contributed by atoms with E-state index >= 15 is 0 Å². The van der Waals surface area contributed by atoms with E-state index < -0.39 is 0 Å². The number of carbonyl (C=O) groups excluding carboxylic acids is 1. The molecule has 0 spiro atoms. The van der Waals surface area contributed by atoms with E-state index in [1.165, 1.54) is 0 Å². The van der Waals surface area contributed by atoms with Crippen LogP contribution >= 0.6 is 39.1 Å². The van der Waals surface area contributed by atoms with E-state index in [1.807, 2.05) is 13.8 Å². The maximum Gasteiger partial charge on any atom is 0.273 e. The fourth-order valence-electron chi connectivity index (χ4n) is 1.76. The highest BCUT2D eigenvalue weighted by molar-refractivity contribution is 9.10. The number of hydrogen-bond acceptors (Lipinski definition) is 2. The lowest BCUT2D eigenvalue weighted by atomic mass is 10.1. The molecule has 0 saturated heterocycles. The number of aromatic nitrogens is 2. The van der Waals surface area contributed by atoms with Crippen LogP contribution in [0.3, 0.4) is 0 Å². The molecule has 1 atom stereocenters. The SMILES string of the molecule is Cc1[nH]nc(C(=O)NC(C)c2ccc(Cl)cc2Cl)c1Br. The van der Waals surface area contributed by atoms with Gasteiger partial charge in [-0.1, -0.05) is 29.3 Å². The van der Waals surface area contributed by atoms with Crippen LogP contribution in [0.15, 0.2) is 22.7 Å². The number of amides is 1. The topological polar surface area (TPSA) is 57.8 Å². The van der Waals surface area contributed by atoms with Gasteiger partial charge in [0.15, 0.2) is 5.69 Å². The van der Waals surface area contributed by atoms with Gasteiger partial charge in [0.25, 0.3) is 5.91 Å². The van der Waals surface area contributed by atoms with Gasteiger partial charge in [0.2, 0.25) is 0 Å². The summed E-state index contributed by atoms with van der Waals surface area (Å²) in [6, 6.07) is 4.92. The minimum Gasteiger partial charge on any atom is -0.344 e. The Hall–Kier alpha value is -1.04. The zero-order chi connectivity index (χ0) is 14.9. The Balaban J connectivity index is 2.17. The fourth-order valence-corrected chi connectivity index (χ4v) is 2.69. The van der Waals surface area contributed by atoms with Crippen molar-refractivity contribution in [2.75, 3.05) is 0 Å². The molecule has 1 heterocycles. The van der Waals surface area contributed by atoms with Gasteiger partial charge >= 0.3 is 0 Å². The lowest BCUT2D eigenvalue weighted by Gasteiger charge is -2.15. The third kappa shape index (κ3) is 3.16. The van der Waals surface area contributed by atoms with Crippen molar-refractivity contribution in [1.29, 1.82) is 0 Å². The summed E-state index contributed by atoms with van der Waals surface area (Å²) in [6.07, 6.45) is 0. The van der Waals surface area contributed by atoms with Crippen LogP contribution in [-0.2, 0) is 0 Å². The van der Waals surface area contributed by atoms with Crippen molar-refractivity contribution in [3.8, 4) is 0 Å². The molecule has 1 aromatic heterocycles. The summed E-state index contributed by atoms with van der Waals surface area (Å²) in [5, 5.41) is 10.6. The first-order chi connectivity index (χ1) is 9.40. The molecular formula is C13H12BrCl2N3O. The highest BCUT2D eigenvalue weighted by atomic mass is 79.9. The zero-order valence-corrected chi connectivity index (χ0v) is 13.9. The molecule has 4 nitrogen and oxygen atoms in total. The summed E-state index contributed by atoms with van der Waals surface area (Å²) in [7, 11) is 0. The number of H-pyrrole nitrogens is 1. The second-order valence-electron chi connectivity index (χ2n) is 4.37. The van der Waals surface area contributed by atoms with Crippen molar-refractivity contribution in [3.05, 3.63) is 49.7 Å². The Morgan fingerprint density at radius 3 is 2.70 bits per heavy atom. The average Bonchev–Trinajstić information content (AvgIpc) is 2.69. The molecule has 0 aliphatic heterocycles. The predicted molar refractivity (Wildman–Crippen MR) is 83.4 cm³/mol. The molecule has 0 saturated carbocycles. The standard InChI is InChI=1S/C13H12BrCl2N3O/c1-6(9-4-3-8(15)5-10(9)16)17-13(20)12-11(14)7(2)18-19-12/h3-6H,1-2H3,(H,17,20)(H,18,19). The summed E-state index contributed by atoms with van der Waals surface area (Å²) < 4.78 is 0.657. The van der Waals surface area contributed by atoms with Crippen LogP contribution in [-0.4, -0.2) is 16.1 Å². The van der Waals surface area contributed by atoms with E-state index in [9.17, 15) is 4.79 Å². The first kappa shape index (κ1) is 15.4. The maximum atomic E-state index is 12.1. The van der Waals surface area contributed by atoms with Crippen LogP contribution < -0.4 is 5.32 Å². The van der Waals surface area contributed by atoms with Crippen LogP contribution in [0.5, 0.6) is 0 Å². The Morgan fingerprint density at radius 2 is 2.15 bits per heavy atom. The molecule has 1 aromatic carbocycles. The van der Waals surface area contributed by atoms with Crippen molar-refractivity contribution < 1.29 is 4.79 Å². The summed E-state index contributed by atoms with van der Waals surface area (Å²) in [4.78, 5) is 12.1. The number of aromatic amines is 1. The Labute approximate surface area is 135 Å². The first-order valence-corrected chi connectivity index (χ1v) is 7.41. The lowest BCUT2D eigenvalue weighted by Crippen LogP contribution is -2.27. The second kappa shape index (κ2) is 6.16. The monoisotopic (exact) mass is 375 g/mol. The number of nitrogens with zero attached hydrogens (tertiary/aromatic N) is 1. The fraction of sp³-hybridized carbons (Fsp3) is 0.231. The average molecular weight is 377 g/mol. The van der Waals surface area contributed by atoms with E-state index in [0.717, 1.165) is 11.3 Å². The first-order valence-electron chi connectivity index (χ1n) is 5.86. The Morgan fingerprint density at radius 1 is 1.45 bits per heavy atom. The summed E-state index contributed by atoms with van der Waals surface area (Å²) >= 11 is 15.3. The minimum atomic E-state index is -0.278. The predicted octanol–water partition coefficient (Wildman–Crippen LogP) is 4.28.